The molecule has 1 aromatic rings. The van der Waals surface area contributed by atoms with Gasteiger partial charge in [-0.2, -0.15) is 0 Å². The van der Waals surface area contributed by atoms with Crippen molar-refractivity contribution >= 4 is 23.8 Å². The summed E-state index contributed by atoms with van der Waals surface area (Å²) < 4.78 is 5.14. The zero-order valence-corrected chi connectivity index (χ0v) is 9.98. The van der Waals surface area contributed by atoms with Gasteiger partial charge in [0, 0.05) is 23.2 Å². The molecule has 0 bridgehead atoms. The third-order valence-corrected chi connectivity index (χ3v) is 2.13. The molecule has 1 N–H and O–H groups in total. The summed E-state index contributed by atoms with van der Waals surface area (Å²) in [6.07, 6.45) is 1.90. The Kier molecular flexibility index (Phi) is 5.29. The Hall–Kier alpha value is -1.75. The van der Waals surface area contributed by atoms with Crippen LogP contribution in [-0.4, -0.2) is 31.0 Å². The van der Waals surface area contributed by atoms with Crippen LogP contribution in [-0.2, 0) is 16.1 Å². The minimum Gasteiger partial charge on any atom is -0.496 e. The van der Waals surface area contributed by atoms with Crippen molar-refractivity contribution in [1.29, 1.82) is 0 Å². The summed E-state index contributed by atoms with van der Waals surface area (Å²) in [6.45, 7) is -0.455. The molecule has 0 atom stereocenters. The van der Waals surface area contributed by atoms with Crippen LogP contribution >= 0.6 is 11.6 Å². The fourth-order valence-corrected chi connectivity index (χ4v) is 1.38. The summed E-state index contributed by atoms with van der Waals surface area (Å²) in [5.74, 6) is -0.374. The van der Waals surface area contributed by atoms with Crippen LogP contribution in [0.5, 0.6) is 5.75 Å². The standard InChI is InChI=1S/C11H12ClNO4/c1-16-10-3-2-9(12)6-8(10)4-5-13-17-7-11(14)15/h2-3,5-6H,4,7H2,1H3,(H,14,15). The van der Waals surface area contributed by atoms with E-state index in [0.717, 1.165) is 5.56 Å². The Labute approximate surface area is 104 Å². The van der Waals surface area contributed by atoms with Crippen LogP contribution in [0.3, 0.4) is 0 Å². The summed E-state index contributed by atoms with van der Waals surface area (Å²) in [4.78, 5) is 14.7. The Balaban J connectivity index is 2.55. The maximum atomic E-state index is 10.1. The van der Waals surface area contributed by atoms with Crippen molar-refractivity contribution in [1.82, 2.24) is 0 Å². The van der Waals surface area contributed by atoms with Gasteiger partial charge in [0.05, 0.1) is 7.11 Å². The molecule has 0 amide bonds. The molecule has 0 heterocycles. The SMILES string of the molecule is COc1ccc(Cl)cc1CC=NOCC(=O)O. The Bertz CT molecular complexity index is 420. The van der Waals surface area contributed by atoms with Crippen LogP contribution < -0.4 is 4.74 Å². The largest absolute Gasteiger partial charge is 0.496 e. The molecule has 5 nitrogen and oxygen atoms in total. The van der Waals surface area contributed by atoms with Gasteiger partial charge in [0.15, 0.2) is 0 Å². The third-order valence-electron chi connectivity index (χ3n) is 1.89. The van der Waals surface area contributed by atoms with E-state index in [1.807, 2.05) is 0 Å². The van der Waals surface area contributed by atoms with E-state index in [9.17, 15) is 4.79 Å². The number of halogens is 1. The van der Waals surface area contributed by atoms with E-state index in [4.69, 9.17) is 21.4 Å². The first-order valence-corrected chi connectivity index (χ1v) is 5.19. The predicted molar refractivity (Wildman–Crippen MR) is 63.8 cm³/mol. The second-order valence-corrected chi connectivity index (χ2v) is 3.55. The van der Waals surface area contributed by atoms with Gasteiger partial charge in [0.1, 0.15) is 5.75 Å². The van der Waals surface area contributed by atoms with Gasteiger partial charge in [-0.25, -0.2) is 4.79 Å². The summed E-state index contributed by atoms with van der Waals surface area (Å²) in [6, 6.07) is 5.23. The van der Waals surface area contributed by atoms with E-state index < -0.39 is 12.6 Å². The molecule has 0 aliphatic carbocycles. The van der Waals surface area contributed by atoms with Gasteiger partial charge >= 0.3 is 5.97 Å². The number of benzene rings is 1. The van der Waals surface area contributed by atoms with Crippen LogP contribution in [0.25, 0.3) is 0 Å². The third kappa shape index (κ3) is 4.74. The molecule has 0 radical (unpaired) electrons. The molecule has 92 valence electrons. The topological polar surface area (TPSA) is 68.1 Å². The van der Waals surface area contributed by atoms with Crippen LogP contribution in [0.4, 0.5) is 0 Å². The number of ether oxygens (including phenoxy) is 1. The number of oxime groups is 1. The van der Waals surface area contributed by atoms with Crippen LogP contribution in [0.1, 0.15) is 5.56 Å². The number of hydrogen-bond donors (Lipinski definition) is 1. The van der Waals surface area contributed by atoms with E-state index in [-0.39, 0.29) is 0 Å². The minimum absolute atomic E-state index is 0.448. The van der Waals surface area contributed by atoms with Gasteiger partial charge in [0.25, 0.3) is 0 Å². The highest BCUT2D eigenvalue weighted by Crippen LogP contribution is 2.22. The average molecular weight is 258 g/mol. The van der Waals surface area contributed by atoms with Gasteiger partial charge in [0.2, 0.25) is 6.61 Å². The maximum absolute atomic E-state index is 10.1. The van der Waals surface area contributed by atoms with Crippen molar-refractivity contribution in [2.24, 2.45) is 5.16 Å². The number of rotatable bonds is 6. The number of aliphatic carboxylic acids is 1. The molecule has 1 rings (SSSR count). The molecule has 6 heteroatoms. The van der Waals surface area contributed by atoms with Crippen molar-refractivity contribution in [2.75, 3.05) is 13.7 Å². The van der Waals surface area contributed by atoms with Crippen molar-refractivity contribution in [3.8, 4) is 5.75 Å². The van der Waals surface area contributed by atoms with Gasteiger partial charge in [-0.05, 0) is 18.2 Å². The zero-order valence-electron chi connectivity index (χ0n) is 9.22. The molecule has 0 aliphatic rings. The fraction of sp³-hybridized carbons (Fsp3) is 0.273. The number of carboxylic acids is 1. The van der Waals surface area contributed by atoms with Gasteiger partial charge < -0.3 is 14.7 Å². The first-order valence-electron chi connectivity index (χ1n) is 4.81. The zero-order chi connectivity index (χ0) is 12.7. The Morgan fingerprint density at radius 2 is 2.35 bits per heavy atom. The molecule has 0 saturated carbocycles. The smallest absolute Gasteiger partial charge is 0.344 e. The first-order chi connectivity index (χ1) is 8.13. The van der Waals surface area contributed by atoms with Gasteiger partial charge in [-0.15, -0.1) is 0 Å². The average Bonchev–Trinajstić information content (AvgIpc) is 2.28. The lowest BCUT2D eigenvalue weighted by atomic mass is 10.1. The molecular formula is C11H12ClNO4. The fourth-order valence-electron chi connectivity index (χ4n) is 1.19. The summed E-state index contributed by atoms with van der Waals surface area (Å²) >= 11 is 5.85. The van der Waals surface area contributed by atoms with Crippen molar-refractivity contribution in [3.05, 3.63) is 28.8 Å². The van der Waals surface area contributed by atoms with Crippen molar-refractivity contribution in [2.45, 2.75) is 6.42 Å². The number of methoxy groups -OCH3 is 1. The van der Waals surface area contributed by atoms with Crippen LogP contribution in [0.2, 0.25) is 5.02 Å². The number of nitrogens with zero attached hydrogens (tertiary/aromatic N) is 1. The molecule has 0 spiro atoms. The lowest BCUT2D eigenvalue weighted by Gasteiger charge is -2.06. The van der Waals surface area contributed by atoms with Crippen LogP contribution in [0, 0.1) is 0 Å². The predicted octanol–water partition coefficient (Wildman–Crippen LogP) is 1.98. The minimum atomic E-state index is -1.07. The van der Waals surface area contributed by atoms with E-state index in [0.29, 0.717) is 17.2 Å². The van der Waals surface area contributed by atoms with Gasteiger partial charge in [-0.3, -0.25) is 0 Å². The lowest BCUT2D eigenvalue weighted by molar-refractivity contribution is -0.142. The second-order valence-electron chi connectivity index (χ2n) is 3.12. The Morgan fingerprint density at radius 1 is 1.59 bits per heavy atom. The van der Waals surface area contributed by atoms with Crippen molar-refractivity contribution < 1.29 is 19.5 Å². The molecule has 1 aromatic carbocycles. The quantitative estimate of drug-likeness (QED) is 0.625. The second kappa shape index (κ2) is 6.75. The molecule has 0 fully saturated rings. The van der Waals surface area contributed by atoms with E-state index >= 15 is 0 Å². The summed E-state index contributed by atoms with van der Waals surface area (Å²) in [5, 5.41) is 12.4. The summed E-state index contributed by atoms with van der Waals surface area (Å²) in [5.41, 5.74) is 0.850. The highest BCUT2D eigenvalue weighted by atomic mass is 35.5. The van der Waals surface area contributed by atoms with E-state index in [1.54, 1.807) is 25.3 Å². The maximum Gasteiger partial charge on any atom is 0.344 e. The molecule has 0 aromatic heterocycles. The number of carbonyl (C=O) groups is 1. The van der Waals surface area contributed by atoms with Crippen LogP contribution in [0.15, 0.2) is 23.4 Å². The van der Waals surface area contributed by atoms with E-state index in [1.165, 1.54) is 6.21 Å². The molecule has 0 aliphatic heterocycles. The number of hydrogen-bond acceptors (Lipinski definition) is 4. The molecule has 0 unspecified atom stereocenters. The summed E-state index contributed by atoms with van der Waals surface area (Å²) in [7, 11) is 1.56. The monoisotopic (exact) mass is 257 g/mol. The van der Waals surface area contributed by atoms with Gasteiger partial charge in [-0.1, -0.05) is 16.8 Å². The normalized spacial score (nSPS) is 10.5. The van der Waals surface area contributed by atoms with Crippen molar-refractivity contribution in [3.63, 3.8) is 0 Å². The number of carboxylic acid groups (broad SMARTS) is 1. The molecular weight excluding hydrogens is 246 g/mol. The highest BCUT2D eigenvalue weighted by Gasteiger charge is 2.02. The molecule has 17 heavy (non-hydrogen) atoms. The Morgan fingerprint density at radius 3 is 3.00 bits per heavy atom. The highest BCUT2D eigenvalue weighted by molar-refractivity contribution is 6.30. The molecule has 0 saturated heterocycles. The van der Waals surface area contributed by atoms with E-state index in [2.05, 4.69) is 9.99 Å². The lowest BCUT2D eigenvalue weighted by Crippen LogP contribution is -2.03. The first kappa shape index (κ1) is 13.3.